The van der Waals surface area contributed by atoms with Crippen LogP contribution in [0.25, 0.3) is 0 Å². The highest BCUT2D eigenvalue weighted by Crippen LogP contribution is 2.50. The van der Waals surface area contributed by atoms with E-state index in [1.807, 2.05) is 0 Å². The van der Waals surface area contributed by atoms with Crippen LogP contribution in [0.3, 0.4) is 0 Å². The van der Waals surface area contributed by atoms with Crippen molar-refractivity contribution >= 4 is 0 Å². The Morgan fingerprint density at radius 3 is 2.38 bits per heavy atom. The van der Waals surface area contributed by atoms with Crippen molar-refractivity contribution in [2.45, 2.75) is 52.5 Å². The molecular formula is C12H23N. The summed E-state index contributed by atoms with van der Waals surface area (Å²) in [6, 6.07) is 0.952. The fraction of sp³-hybridized carbons (Fsp3) is 1.00. The van der Waals surface area contributed by atoms with Crippen molar-refractivity contribution in [3.63, 3.8) is 0 Å². The molecule has 0 bridgehead atoms. The Hall–Kier alpha value is -0.0400. The van der Waals surface area contributed by atoms with E-state index in [9.17, 15) is 0 Å². The number of likely N-dealkylation sites (tertiary alicyclic amines) is 1. The summed E-state index contributed by atoms with van der Waals surface area (Å²) in [4.78, 5) is 2.67. The monoisotopic (exact) mass is 181 g/mol. The van der Waals surface area contributed by atoms with Crippen LogP contribution < -0.4 is 0 Å². The van der Waals surface area contributed by atoms with Gasteiger partial charge in [-0.25, -0.2) is 0 Å². The Bertz CT molecular complexity index is 178. The van der Waals surface area contributed by atoms with Gasteiger partial charge < -0.3 is 4.90 Å². The minimum atomic E-state index is 0.676. The third kappa shape index (κ3) is 1.52. The van der Waals surface area contributed by atoms with E-state index in [0.717, 1.165) is 12.0 Å². The third-order valence-corrected chi connectivity index (χ3v) is 4.61. The molecule has 1 aliphatic heterocycles. The molecule has 1 unspecified atom stereocenters. The van der Waals surface area contributed by atoms with E-state index in [2.05, 4.69) is 25.7 Å². The van der Waals surface area contributed by atoms with E-state index in [1.54, 1.807) is 0 Å². The Morgan fingerprint density at radius 1 is 1.38 bits per heavy atom. The van der Waals surface area contributed by atoms with Gasteiger partial charge in [0.05, 0.1) is 0 Å². The molecule has 1 saturated heterocycles. The van der Waals surface area contributed by atoms with Crippen LogP contribution in [0.5, 0.6) is 0 Å². The van der Waals surface area contributed by atoms with Crippen LogP contribution in [0.4, 0.5) is 0 Å². The molecule has 1 heterocycles. The molecule has 1 saturated carbocycles. The largest absolute Gasteiger partial charge is 0.300 e. The van der Waals surface area contributed by atoms with Crippen LogP contribution in [0.1, 0.15) is 46.5 Å². The molecule has 1 nitrogen and oxygen atoms in total. The number of nitrogens with zero attached hydrogens (tertiary/aromatic N) is 1. The first-order valence-corrected chi connectivity index (χ1v) is 5.90. The molecule has 0 aromatic carbocycles. The molecule has 76 valence electrons. The van der Waals surface area contributed by atoms with Crippen molar-refractivity contribution in [1.82, 2.24) is 4.90 Å². The Labute approximate surface area is 82.5 Å². The minimum Gasteiger partial charge on any atom is -0.300 e. The second kappa shape index (κ2) is 3.27. The van der Waals surface area contributed by atoms with Gasteiger partial charge in [0.1, 0.15) is 0 Å². The van der Waals surface area contributed by atoms with Gasteiger partial charge in [-0.3, -0.25) is 0 Å². The first-order valence-electron chi connectivity index (χ1n) is 5.90. The fourth-order valence-corrected chi connectivity index (χ4v) is 2.88. The number of hydrogen-bond donors (Lipinski definition) is 0. The van der Waals surface area contributed by atoms with E-state index >= 15 is 0 Å². The van der Waals surface area contributed by atoms with Gasteiger partial charge in [0.15, 0.2) is 0 Å². The summed E-state index contributed by atoms with van der Waals surface area (Å²) < 4.78 is 0. The molecule has 2 rings (SSSR count). The number of hydrogen-bond acceptors (Lipinski definition) is 1. The highest BCUT2D eigenvalue weighted by molar-refractivity contribution is 4.99. The molecular weight excluding hydrogens is 158 g/mol. The number of rotatable bonds is 3. The second-order valence-corrected chi connectivity index (χ2v) is 5.41. The van der Waals surface area contributed by atoms with E-state index in [0.29, 0.717) is 5.41 Å². The zero-order chi connectivity index (χ0) is 9.47. The highest BCUT2D eigenvalue weighted by atomic mass is 15.2. The van der Waals surface area contributed by atoms with Gasteiger partial charge in [0.25, 0.3) is 0 Å². The normalized spacial score (nSPS) is 42.2. The van der Waals surface area contributed by atoms with Gasteiger partial charge in [-0.1, -0.05) is 27.2 Å². The van der Waals surface area contributed by atoms with Crippen LogP contribution in [0, 0.1) is 11.3 Å². The molecule has 0 radical (unpaired) electrons. The Balaban J connectivity index is 1.81. The lowest BCUT2D eigenvalue weighted by atomic mass is 9.59. The van der Waals surface area contributed by atoms with E-state index in [4.69, 9.17) is 0 Å². The van der Waals surface area contributed by atoms with Gasteiger partial charge >= 0.3 is 0 Å². The zero-order valence-electron chi connectivity index (χ0n) is 9.34. The molecule has 0 aromatic rings. The Kier molecular flexibility index (Phi) is 2.39. The van der Waals surface area contributed by atoms with Gasteiger partial charge in [-0.15, -0.1) is 0 Å². The Morgan fingerprint density at radius 2 is 2.00 bits per heavy atom. The van der Waals surface area contributed by atoms with Gasteiger partial charge in [-0.2, -0.15) is 0 Å². The quantitative estimate of drug-likeness (QED) is 0.647. The summed E-state index contributed by atoms with van der Waals surface area (Å²) >= 11 is 0. The van der Waals surface area contributed by atoms with Crippen LogP contribution in [0.2, 0.25) is 0 Å². The fourth-order valence-electron chi connectivity index (χ4n) is 2.88. The van der Waals surface area contributed by atoms with Crippen LogP contribution >= 0.6 is 0 Å². The standard InChI is InChI=1S/C12H23N/c1-4-10(2)12(3)8-11(9-12)13-6-5-7-13/h10-11H,4-9H2,1-3H3. The molecule has 1 heteroatoms. The molecule has 0 aromatic heterocycles. The first kappa shape index (κ1) is 9.51. The van der Waals surface area contributed by atoms with E-state index < -0.39 is 0 Å². The molecule has 1 atom stereocenters. The van der Waals surface area contributed by atoms with Crippen molar-refractivity contribution in [1.29, 1.82) is 0 Å². The van der Waals surface area contributed by atoms with Crippen LogP contribution in [0.15, 0.2) is 0 Å². The lowest BCUT2D eigenvalue weighted by Crippen LogP contribution is -2.56. The van der Waals surface area contributed by atoms with E-state index in [1.165, 1.54) is 38.8 Å². The molecule has 0 N–H and O–H groups in total. The van der Waals surface area contributed by atoms with Crippen molar-refractivity contribution in [3.05, 3.63) is 0 Å². The maximum atomic E-state index is 2.67. The smallest absolute Gasteiger partial charge is 0.0106 e. The van der Waals surface area contributed by atoms with Gasteiger partial charge in [0, 0.05) is 6.04 Å². The summed E-state index contributed by atoms with van der Waals surface area (Å²) in [7, 11) is 0. The molecule has 0 spiro atoms. The predicted molar refractivity (Wildman–Crippen MR) is 56.8 cm³/mol. The lowest BCUT2D eigenvalue weighted by molar-refractivity contribution is -0.0484. The van der Waals surface area contributed by atoms with Gasteiger partial charge in [0.2, 0.25) is 0 Å². The molecule has 1 aliphatic carbocycles. The maximum absolute atomic E-state index is 2.67. The third-order valence-electron chi connectivity index (χ3n) is 4.61. The average molecular weight is 181 g/mol. The predicted octanol–water partition coefficient (Wildman–Crippen LogP) is 2.91. The maximum Gasteiger partial charge on any atom is 0.0106 e. The molecule has 2 aliphatic rings. The summed E-state index contributed by atoms with van der Waals surface area (Å²) in [6.45, 7) is 9.99. The second-order valence-electron chi connectivity index (χ2n) is 5.41. The summed E-state index contributed by atoms with van der Waals surface area (Å²) in [5.41, 5.74) is 0.676. The molecule has 2 fully saturated rings. The topological polar surface area (TPSA) is 3.24 Å². The lowest BCUT2D eigenvalue weighted by Gasteiger charge is -2.55. The SMILES string of the molecule is CCC(C)C1(C)CC(N2CCC2)C1. The molecule has 13 heavy (non-hydrogen) atoms. The minimum absolute atomic E-state index is 0.676. The zero-order valence-corrected chi connectivity index (χ0v) is 9.34. The average Bonchev–Trinajstić information content (AvgIpc) is 1.96. The van der Waals surface area contributed by atoms with Crippen molar-refractivity contribution in [3.8, 4) is 0 Å². The van der Waals surface area contributed by atoms with Crippen LogP contribution in [-0.4, -0.2) is 24.0 Å². The highest BCUT2D eigenvalue weighted by Gasteiger charge is 2.46. The van der Waals surface area contributed by atoms with Crippen LogP contribution in [-0.2, 0) is 0 Å². The van der Waals surface area contributed by atoms with Gasteiger partial charge in [-0.05, 0) is 43.7 Å². The van der Waals surface area contributed by atoms with E-state index in [-0.39, 0.29) is 0 Å². The van der Waals surface area contributed by atoms with Crippen molar-refractivity contribution in [2.75, 3.05) is 13.1 Å². The van der Waals surface area contributed by atoms with Crippen molar-refractivity contribution < 1.29 is 0 Å². The van der Waals surface area contributed by atoms with Crippen molar-refractivity contribution in [2.24, 2.45) is 11.3 Å². The first-order chi connectivity index (χ1) is 6.15. The molecule has 0 amide bonds. The summed E-state index contributed by atoms with van der Waals surface area (Å²) in [6.07, 6.45) is 5.71. The summed E-state index contributed by atoms with van der Waals surface area (Å²) in [5.74, 6) is 0.921. The summed E-state index contributed by atoms with van der Waals surface area (Å²) in [5, 5.41) is 0.